The molecule has 11 heteroatoms. The molecule has 1 aliphatic rings. The van der Waals surface area contributed by atoms with E-state index in [2.05, 4.69) is 48.0 Å². The van der Waals surface area contributed by atoms with Crippen molar-refractivity contribution >= 4 is 29.0 Å². The van der Waals surface area contributed by atoms with Gasteiger partial charge < -0.3 is 23.9 Å². The maximum Gasteiger partial charge on any atom is 0.338 e. The summed E-state index contributed by atoms with van der Waals surface area (Å²) in [6, 6.07) is 18.5. The first kappa shape index (κ1) is 36.3. The quantitative estimate of drug-likeness (QED) is 0.0828. The van der Waals surface area contributed by atoms with Crippen LogP contribution in [0, 0.1) is 17.3 Å². The molecule has 2 aromatic carbocycles. The normalized spacial score (nSPS) is 18.2. The third-order valence-electron chi connectivity index (χ3n) is 8.95. The molecule has 3 atom stereocenters. The van der Waals surface area contributed by atoms with E-state index in [-0.39, 0.29) is 48.9 Å². The van der Waals surface area contributed by atoms with E-state index in [1.807, 2.05) is 60.0 Å². The Hall–Kier alpha value is -5.03. The fourth-order valence-corrected chi connectivity index (χ4v) is 6.18. The van der Waals surface area contributed by atoms with Crippen LogP contribution in [0.5, 0.6) is 5.88 Å². The molecular weight excluding hydrogens is 634 g/mol. The summed E-state index contributed by atoms with van der Waals surface area (Å²) >= 11 is 0. The van der Waals surface area contributed by atoms with Gasteiger partial charge in [-0.2, -0.15) is 9.97 Å². The summed E-state index contributed by atoms with van der Waals surface area (Å²) in [5.41, 5.74) is 3.60. The molecule has 50 heavy (non-hydrogen) atoms. The molecule has 1 amide bonds. The third kappa shape index (κ3) is 9.35. The van der Waals surface area contributed by atoms with Crippen molar-refractivity contribution in [3.05, 3.63) is 102 Å². The second-order valence-electron chi connectivity index (χ2n) is 13.6. The first-order chi connectivity index (χ1) is 24.0. The van der Waals surface area contributed by atoms with Gasteiger partial charge in [-0.15, -0.1) is 0 Å². The van der Waals surface area contributed by atoms with Gasteiger partial charge in [0.15, 0.2) is 17.8 Å². The maximum absolute atomic E-state index is 13.0. The highest BCUT2D eigenvalue weighted by molar-refractivity contribution is 5.91. The summed E-state index contributed by atoms with van der Waals surface area (Å²) in [7, 11) is 0. The van der Waals surface area contributed by atoms with Gasteiger partial charge in [-0.25, -0.2) is 9.78 Å². The molecular formula is C39H47N5O6. The Morgan fingerprint density at radius 2 is 1.70 bits per heavy atom. The van der Waals surface area contributed by atoms with Crippen molar-refractivity contribution in [1.82, 2.24) is 19.5 Å². The van der Waals surface area contributed by atoms with Crippen LogP contribution in [0.3, 0.4) is 0 Å². The van der Waals surface area contributed by atoms with Gasteiger partial charge in [0.1, 0.15) is 12.7 Å². The summed E-state index contributed by atoms with van der Waals surface area (Å²) in [6.45, 7) is 10.8. The van der Waals surface area contributed by atoms with Crippen molar-refractivity contribution in [2.75, 3.05) is 18.5 Å². The molecule has 4 aromatic rings. The lowest BCUT2D eigenvalue weighted by Gasteiger charge is -2.24. The third-order valence-corrected chi connectivity index (χ3v) is 8.95. The number of aromatic nitrogens is 4. The van der Waals surface area contributed by atoms with Crippen LogP contribution in [-0.4, -0.2) is 55.8 Å². The molecule has 264 valence electrons. The van der Waals surface area contributed by atoms with Gasteiger partial charge in [0.05, 0.1) is 17.6 Å². The van der Waals surface area contributed by atoms with Gasteiger partial charge in [-0.1, -0.05) is 87.9 Å². The highest BCUT2D eigenvalue weighted by Crippen LogP contribution is 2.36. The number of amides is 1. The molecule has 2 heterocycles. The van der Waals surface area contributed by atoms with E-state index in [0.717, 1.165) is 18.4 Å². The predicted molar refractivity (Wildman–Crippen MR) is 191 cm³/mol. The van der Waals surface area contributed by atoms with E-state index in [9.17, 15) is 14.7 Å². The number of esters is 1. The summed E-state index contributed by atoms with van der Waals surface area (Å²) in [6.07, 6.45) is 7.43. The summed E-state index contributed by atoms with van der Waals surface area (Å²) in [5.74, 6) is -0.279. The van der Waals surface area contributed by atoms with Crippen LogP contribution in [0.4, 0.5) is 5.95 Å². The van der Waals surface area contributed by atoms with Crippen LogP contribution in [0.15, 0.2) is 90.5 Å². The van der Waals surface area contributed by atoms with E-state index >= 15 is 0 Å². The van der Waals surface area contributed by atoms with E-state index in [1.54, 1.807) is 30.6 Å². The number of nitrogens with zero attached hydrogens (tertiary/aromatic N) is 4. The number of carbonyl (C=O) groups is 2. The van der Waals surface area contributed by atoms with Crippen LogP contribution in [0.2, 0.25) is 0 Å². The van der Waals surface area contributed by atoms with Gasteiger partial charge >= 0.3 is 5.97 Å². The molecule has 0 saturated heterocycles. The fraction of sp³-hybridized carbons (Fsp3) is 0.410. The topological polar surface area (TPSA) is 138 Å². The lowest BCUT2D eigenvalue weighted by atomic mass is 9.84. The monoisotopic (exact) mass is 681 g/mol. The van der Waals surface area contributed by atoms with Crippen molar-refractivity contribution in [2.45, 2.75) is 73.1 Å². The number of allylic oxidation sites excluding steroid dienone is 4. The molecule has 0 spiro atoms. The second kappa shape index (κ2) is 16.6. The summed E-state index contributed by atoms with van der Waals surface area (Å²) < 4.78 is 19.7. The van der Waals surface area contributed by atoms with Crippen LogP contribution in [-0.2, 0) is 27.4 Å². The number of rotatable bonds is 14. The lowest BCUT2D eigenvalue weighted by molar-refractivity contribution is -0.119. The van der Waals surface area contributed by atoms with E-state index < -0.39 is 18.0 Å². The SMILES string of the molecule is CC/C(=C\C=C(/C)OCC(=O)Nc1nc(OCc2ccccc2)c2ncn(C[C@H]3CC[C@@H](CO)[C@@H]3OC(=O)c3ccccc3)c2n1)C(C)(C)C. The van der Waals surface area contributed by atoms with Gasteiger partial charge in [0.2, 0.25) is 11.8 Å². The van der Waals surface area contributed by atoms with Crippen molar-refractivity contribution in [3.8, 4) is 5.88 Å². The van der Waals surface area contributed by atoms with E-state index in [1.165, 1.54) is 5.57 Å². The standard InChI is InChI=1S/C39H47N5O6/c1-6-31(39(3,4)5)20-17-26(2)48-24-32(46)41-38-42-35-33(36(43-38)49-23-27-13-9-7-10-14-27)40-25-44(35)21-29-18-19-30(22-45)34(29)50-37(47)28-15-11-8-12-16-28/h7-17,20,25,29-30,34,45H,6,18-19,21-24H2,1-5H3,(H,41,42,43,46)/b26-17+,31-20+/t29-,30+,34-/m1/s1. The Morgan fingerprint density at radius 1 is 1.00 bits per heavy atom. The smallest absolute Gasteiger partial charge is 0.338 e. The molecule has 0 unspecified atom stereocenters. The molecule has 0 radical (unpaired) electrons. The number of imidazole rings is 1. The highest BCUT2D eigenvalue weighted by atomic mass is 16.5. The van der Waals surface area contributed by atoms with E-state index in [0.29, 0.717) is 35.5 Å². The van der Waals surface area contributed by atoms with Gasteiger partial charge in [-0.3, -0.25) is 10.1 Å². The van der Waals surface area contributed by atoms with Crippen molar-refractivity contribution < 1.29 is 28.9 Å². The number of aliphatic hydroxyl groups excluding tert-OH is 1. The van der Waals surface area contributed by atoms with E-state index in [4.69, 9.17) is 14.2 Å². The first-order valence-electron chi connectivity index (χ1n) is 17.1. The van der Waals surface area contributed by atoms with Crippen molar-refractivity contribution in [3.63, 3.8) is 0 Å². The zero-order valence-electron chi connectivity index (χ0n) is 29.5. The minimum Gasteiger partial charge on any atom is -0.488 e. The van der Waals surface area contributed by atoms with Crippen molar-refractivity contribution in [2.24, 2.45) is 17.3 Å². The average molecular weight is 682 g/mol. The number of nitrogens with one attached hydrogen (secondary N) is 1. The molecule has 1 aliphatic carbocycles. The summed E-state index contributed by atoms with van der Waals surface area (Å²) in [4.78, 5) is 39.8. The fourth-order valence-electron chi connectivity index (χ4n) is 6.18. The molecule has 2 aromatic heterocycles. The van der Waals surface area contributed by atoms with Crippen LogP contribution < -0.4 is 10.1 Å². The zero-order valence-corrected chi connectivity index (χ0v) is 29.5. The Kier molecular flexibility index (Phi) is 12.0. The Bertz CT molecular complexity index is 1810. The van der Waals surface area contributed by atoms with Crippen LogP contribution in [0.1, 0.15) is 69.8 Å². The number of hydrogen-bond donors (Lipinski definition) is 2. The van der Waals surface area contributed by atoms with Gasteiger partial charge in [-0.05, 0) is 55.4 Å². The first-order valence-corrected chi connectivity index (χ1v) is 17.1. The predicted octanol–water partition coefficient (Wildman–Crippen LogP) is 6.89. The number of aliphatic hydroxyl groups is 1. The number of benzene rings is 2. The minimum absolute atomic E-state index is 0.0392. The lowest BCUT2D eigenvalue weighted by Crippen LogP contribution is -2.32. The molecule has 2 N–H and O–H groups in total. The van der Waals surface area contributed by atoms with Gasteiger partial charge in [0, 0.05) is 25.0 Å². The molecule has 5 rings (SSSR count). The van der Waals surface area contributed by atoms with Gasteiger partial charge in [0.25, 0.3) is 5.91 Å². The van der Waals surface area contributed by atoms with Crippen LogP contribution in [0.25, 0.3) is 11.2 Å². The maximum atomic E-state index is 13.0. The Balaban J connectivity index is 1.36. The molecule has 1 fully saturated rings. The zero-order chi connectivity index (χ0) is 35.7. The molecule has 1 saturated carbocycles. The number of anilines is 1. The number of carbonyl (C=O) groups excluding carboxylic acids is 2. The molecule has 11 nitrogen and oxygen atoms in total. The second-order valence-corrected chi connectivity index (χ2v) is 13.6. The minimum atomic E-state index is -0.500. The number of fused-ring (bicyclic) bond motifs is 1. The number of ether oxygens (including phenoxy) is 3. The Morgan fingerprint density at radius 3 is 2.38 bits per heavy atom. The average Bonchev–Trinajstić information content (AvgIpc) is 3.70. The Labute approximate surface area is 293 Å². The highest BCUT2D eigenvalue weighted by Gasteiger charge is 2.39. The molecule has 0 aliphatic heterocycles. The largest absolute Gasteiger partial charge is 0.488 e. The number of hydrogen-bond acceptors (Lipinski definition) is 9. The van der Waals surface area contributed by atoms with Crippen LogP contribution >= 0.6 is 0 Å². The summed E-state index contributed by atoms with van der Waals surface area (Å²) in [5, 5.41) is 12.9. The van der Waals surface area contributed by atoms with Crippen molar-refractivity contribution in [1.29, 1.82) is 0 Å². The molecule has 0 bridgehead atoms.